The fourth-order valence-corrected chi connectivity index (χ4v) is 1.71. The predicted molar refractivity (Wildman–Crippen MR) is 62.5 cm³/mol. The summed E-state index contributed by atoms with van der Waals surface area (Å²) in [6.45, 7) is 0. The highest BCUT2D eigenvalue weighted by Crippen LogP contribution is 2.32. The zero-order valence-corrected chi connectivity index (χ0v) is 10.7. The van der Waals surface area contributed by atoms with Crippen molar-refractivity contribution >= 4 is 11.6 Å². The molecule has 1 heterocycles. The maximum atomic E-state index is 12.6. The van der Waals surface area contributed by atoms with E-state index in [1.54, 1.807) is 0 Å². The number of hydrogen-bond donors (Lipinski definition) is 0. The van der Waals surface area contributed by atoms with Crippen molar-refractivity contribution in [3.63, 3.8) is 0 Å². The average Bonchev–Trinajstić information content (AvgIpc) is 2.36. The van der Waals surface area contributed by atoms with Gasteiger partial charge in [0.2, 0.25) is 5.82 Å². The molecule has 0 aliphatic heterocycles. The van der Waals surface area contributed by atoms with Crippen LogP contribution in [-0.2, 0) is 12.4 Å². The fourth-order valence-electron chi connectivity index (χ4n) is 1.52. The molecule has 1 aromatic carbocycles. The third-order valence-electron chi connectivity index (χ3n) is 2.46. The van der Waals surface area contributed by atoms with Crippen molar-refractivity contribution in [2.45, 2.75) is 12.4 Å². The van der Waals surface area contributed by atoms with E-state index in [2.05, 4.69) is 9.97 Å². The average molecular weight is 327 g/mol. The van der Waals surface area contributed by atoms with Gasteiger partial charge in [0.05, 0.1) is 11.3 Å². The molecule has 0 saturated heterocycles. The molecule has 0 radical (unpaired) electrons. The summed E-state index contributed by atoms with van der Waals surface area (Å²) in [5.74, 6) is -1.45. The minimum absolute atomic E-state index is 0.0674. The van der Waals surface area contributed by atoms with Gasteiger partial charge in [-0.2, -0.15) is 26.3 Å². The second kappa shape index (κ2) is 5.18. The van der Waals surface area contributed by atoms with Crippen molar-refractivity contribution in [3.05, 3.63) is 46.9 Å². The van der Waals surface area contributed by atoms with Crippen LogP contribution in [0.2, 0.25) is 5.15 Å². The van der Waals surface area contributed by atoms with Crippen LogP contribution in [0.3, 0.4) is 0 Å². The lowest BCUT2D eigenvalue weighted by Crippen LogP contribution is -2.11. The molecular formula is C12H5ClF6N2. The van der Waals surface area contributed by atoms with Crippen LogP contribution in [0.1, 0.15) is 11.4 Å². The van der Waals surface area contributed by atoms with Crippen molar-refractivity contribution in [1.29, 1.82) is 0 Å². The van der Waals surface area contributed by atoms with Crippen LogP contribution in [-0.4, -0.2) is 9.97 Å². The molecule has 0 N–H and O–H groups in total. The van der Waals surface area contributed by atoms with Gasteiger partial charge in [-0.25, -0.2) is 9.97 Å². The van der Waals surface area contributed by atoms with Gasteiger partial charge in [-0.15, -0.1) is 0 Å². The first-order valence-corrected chi connectivity index (χ1v) is 5.74. The Morgan fingerprint density at radius 3 is 1.86 bits per heavy atom. The van der Waals surface area contributed by atoms with Gasteiger partial charge < -0.3 is 0 Å². The largest absolute Gasteiger partial charge is 0.451 e. The number of aromatic nitrogens is 2. The fraction of sp³-hybridized carbons (Fsp3) is 0.167. The number of nitrogens with zero attached hydrogens (tertiary/aromatic N) is 2. The van der Waals surface area contributed by atoms with Crippen molar-refractivity contribution in [2.24, 2.45) is 0 Å². The minimum atomic E-state index is -4.80. The SMILES string of the molecule is FC(F)(F)c1ccc(-c2cc(Cl)nc(C(F)(F)F)n2)cc1. The molecule has 1 aromatic heterocycles. The lowest BCUT2D eigenvalue weighted by molar-refractivity contribution is -0.144. The standard InChI is InChI=1S/C12H5ClF6N2/c13-9-5-8(20-10(21-9)12(17,18)19)6-1-3-7(4-2-6)11(14,15)16/h1-5H. The third kappa shape index (κ3) is 3.63. The summed E-state index contributed by atoms with van der Waals surface area (Å²) in [4.78, 5) is 6.30. The highest BCUT2D eigenvalue weighted by Gasteiger charge is 2.35. The van der Waals surface area contributed by atoms with Gasteiger partial charge in [-0.1, -0.05) is 23.7 Å². The molecule has 0 aliphatic rings. The Labute approximate surface area is 119 Å². The minimum Gasteiger partial charge on any atom is -0.224 e. The predicted octanol–water partition coefficient (Wildman–Crippen LogP) is 4.83. The summed E-state index contributed by atoms with van der Waals surface area (Å²) in [6.07, 6.45) is -9.33. The molecule has 21 heavy (non-hydrogen) atoms. The molecule has 2 nitrogen and oxygen atoms in total. The molecule has 0 unspecified atom stereocenters. The summed E-state index contributed by atoms with van der Waals surface area (Å²) in [6, 6.07) is 4.57. The van der Waals surface area contributed by atoms with Crippen LogP contribution >= 0.6 is 11.6 Å². The van der Waals surface area contributed by atoms with Gasteiger partial charge >= 0.3 is 12.4 Å². The highest BCUT2D eigenvalue weighted by molar-refractivity contribution is 6.29. The zero-order valence-electron chi connectivity index (χ0n) is 9.93. The van der Waals surface area contributed by atoms with Crippen LogP contribution in [0.25, 0.3) is 11.3 Å². The second-order valence-corrected chi connectivity index (χ2v) is 4.36. The third-order valence-corrected chi connectivity index (χ3v) is 2.65. The molecule has 0 saturated carbocycles. The van der Waals surface area contributed by atoms with Crippen LogP contribution in [0.15, 0.2) is 30.3 Å². The maximum absolute atomic E-state index is 12.6. The van der Waals surface area contributed by atoms with E-state index < -0.39 is 28.9 Å². The summed E-state index contributed by atoms with van der Waals surface area (Å²) >= 11 is 5.48. The first-order chi connectivity index (χ1) is 9.57. The van der Waals surface area contributed by atoms with E-state index in [0.717, 1.165) is 30.3 Å². The quantitative estimate of drug-likeness (QED) is 0.554. The molecule has 112 valence electrons. The normalized spacial score (nSPS) is 12.5. The first kappa shape index (κ1) is 15.6. The van der Waals surface area contributed by atoms with E-state index in [-0.39, 0.29) is 11.3 Å². The molecular weight excluding hydrogens is 322 g/mol. The summed E-state index contributed by atoms with van der Waals surface area (Å²) in [5.41, 5.74) is -1.06. The number of benzene rings is 1. The molecule has 0 amide bonds. The Balaban J connectivity index is 2.45. The maximum Gasteiger partial charge on any atom is 0.451 e. The molecule has 0 spiro atoms. The molecule has 0 bridgehead atoms. The van der Waals surface area contributed by atoms with E-state index in [0.29, 0.717) is 0 Å². The molecule has 9 heteroatoms. The molecule has 2 rings (SSSR count). The topological polar surface area (TPSA) is 25.8 Å². The number of rotatable bonds is 1. The lowest BCUT2D eigenvalue weighted by Gasteiger charge is -2.09. The number of hydrogen-bond acceptors (Lipinski definition) is 2. The van der Waals surface area contributed by atoms with Crippen molar-refractivity contribution in [1.82, 2.24) is 9.97 Å². The van der Waals surface area contributed by atoms with E-state index in [1.807, 2.05) is 0 Å². The van der Waals surface area contributed by atoms with Crippen LogP contribution < -0.4 is 0 Å². The van der Waals surface area contributed by atoms with Gasteiger partial charge in [0, 0.05) is 11.6 Å². The van der Waals surface area contributed by atoms with Gasteiger partial charge in [0.1, 0.15) is 5.15 Å². The molecule has 2 aromatic rings. The van der Waals surface area contributed by atoms with Crippen LogP contribution in [0.4, 0.5) is 26.3 Å². The Bertz CT molecular complexity index is 648. The summed E-state index contributed by atoms with van der Waals surface area (Å²) < 4.78 is 74.9. The van der Waals surface area contributed by atoms with Crippen LogP contribution in [0.5, 0.6) is 0 Å². The highest BCUT2D eigenvalue weighted by atomic mass is 35.5. The van der Waals surface area contributed by atoms with Crippen molar-refractivity contribution in [3.8, 4) is 11.3 Å². The van der Waals surface area contributed by atoms with E-state index in [9.17, 15) is 26.3 Å². The van der Waals surface area contributed by atoms with Crippen LogP contribution in [0, 0.1) is 0 Å². The summed E-state index contributed by atoms with van der Waals surface area (Å²) in [5, 5.41) is -0.452. The zero-order chi connectivity index (χ0) is 15.8. The van der Waals surface area contributed by atoms with Gasteiger partial charge in [0.25, 0.3) is 0 Å². The van der Waals surface area contributed by atoms with E-state index in [4.69, 9.17) is 11.6 Å². The Hall–Kier alpha value is -1.83. The molecule has 0 fully saturated rings. The first-order valence-electron chi connectivity index (χ1n) is 5.37. The van der Waals surface area contributed by atoms with Gasteiger partial charge in [-0.3, -0.25) is 0 Å². The van der Waals surface area contributed by atoms with Gasteiger partial charge in [0.15, 0.2) is 0 Å². The molecule has 0 atom stereocenters. The monoisotopic (exact) mass is 326 g/mol. The Morgan fingerprint density at radius 2 is 1.38 bits per heavy atom. The second-order valence-electron chi connectivity index (χ2n) is 3.97. The summed E-state index contributed by atoms with van der Waals surface area (Å²) in [7, 11) is 0. The van der Waals surface area contributed by atoms with Crippen molar-refractivity contribution < 1.29 is 26.3 Å². The van der Waals surface area contributed by atoms with E-state index >= 15 is 0 Å². The Morgan fingerprint density at radius 1 is 0.810 bits per heavy atom. The lowest BCUT2D eigenvalue weighted by atomic mass is 10.1. The van der Waals surface area contributed by atoms with Gasteiger partial charge in [-0.05, 0) is 12.1 Å². The van der Waals surface area contributed by atoms with Crippen molar-refractivity contribution in [2.75, 3.05) is 0 Å². The smallest absolute Gasteiger partial charge is 0.224 e. The molecule has 0 aliphatic carbocycles. The number of alkyl halides is 6. The Kier molecular flexibility index (Phi) is 3.83. The number of halogens is 7. The van der Waals surface area contributed by atoms with E-state index in [1.165, 1.54) is 0 Å².